The summed E-state index contributed by atoms with van der Waals surface area (Å²) >= 11 is 0. The van der Waals surface area contributed by atoms with Crippen molar-refractivity contribution >= 4 is 5.91 Å². The number of amides is 1. The highest BCUT2D eigenvalue weighted by Gasteiger charge is 2.24. The number of ether oxygens (including phenoxy) is 2. The molecule has 0 fully saturated rings. The van der Waals surface area contributed by atoms with E-state index in [9.17, 15) is 13.6 Å². The Morgan fingerprint density at radius 1 is 1.45 bits per heavy atom. The van der Waals surface area contributed by atoms with Crippen LogP contribution in [0.1, 0.15) is 12.5 Å². The Kier molecular flexibility index (Phi) is 7.26. The number of benzene rings is 1. The molecule has 0 heterocycles. The molecule has 7 heteroatoms. The molecule has 0 aliphatic carbocycles. The van der Waals surface area contributed by atoms with Crippen LogP contribution in [-0.2, 0) is 9.53 Å². The van der Waals surface area contributed by atoms with Crippen molar-refractivity contribution in [3.63, 3.8) is 0 Å². The number of hydrogen-bond acceptors (Lipinski definition) is 4. The van der Waals surface area contributed by atoms with Crippen LogP contribution in [0.5, 0.6) is 5.75 Å². The van der Waals surface area contributed by atoms with Crippen molar-refractivity contribution in [2.75, 3.05) is 26.8 Å². The maximum atomic E-state index is 12.5. The number of nitriles is 1. The molecule has 1 aromatic rings. The van der Waals surface area contributed by atoms with E-state index in [1.54, 1.807) is 18.2 Å². The van der Waals surface area contributed by atoms with E-state index < -0.39 is 25.0 Å². The highest BCUT2D eigenvalue weighted by molar-refractivity contribution is 5.81. The van der Waals surface area contributed by atoms with Gasteiger partial charge in [-0.25, -0.2) is 8.78 Å². The number of carbonyl (C=O) groups is 1. The number of carbonyl (C=O) groups excluding carboxylic acids is 1. The second-order valence-corrected chi connectivity index (χ2v) is 4.57. The fourth-order valence-corrected chi connectivity index (χ4v) is 1.81. The van der Waals surface area contributed by atoms with Gasteiger partial charge < -0.3 is 14.4 Å². The zero-order chi connectivity index (χ0) is 16.5. The van der Waals surface area contributed by atoms with Crippen molar-refractivity contribution in [2.45, 2.75) is 19.5 Å². The third-order valence-corrected chi connectivity index (χ3v) is 2.86. The zero-order valence-electron chi connectivity index (χ0n) is 12.5. The van der Waals surface area contributed by atoms with Crippen molar-refractivity contribution in [3.8, 4) is 11.8 Å². The monoisotopic (exact) mass is 312 g/mol. The van der Waals surface area contributed by atoms with Crippen LogP contribution >= 0.6 is 0 Å². The van der Waals surface area contributed by atoms with E-state index in [1.165, 1.54) is 20.1 Å². The third-order valence-electron chi connectivity index (χ3n) is 2.86. The minimum Gasteiger partial charge on any atom is -0.481 e. The van der Waals surface area contributed by atoms with Crippen LogP contribution in [0.3, 0.4) is 0 Å². The van der Waals surface area contributed by atoms with Gasteiger partial charge in [-0.15, -0.1) is 0 Å². The first-order valence-electron chi connectivity index (χ1n) is 6.70. The number of halogens is 2. The van der Waals surface area contributed by atoms with Crippen LogP contribution in [0, 0.1) is 11.3 Å². The fourth-order valence-electron chi connectivity index (χ4n) is 1.81. The number of hydrogen-bond donors (Lipinski definition) is 0. The topological polar surface area (TPSA) is 62.6 Å². The first-order chi connectivity index (χ1) is 10.5. The molecule has 0 aliphatic heterocycles. The van der Waals surface area contributed by atoms with Crippen molar-refractivity contribution in [2.24, 2.45) is 0 Å². The summed E-state index contributed by atoms with van der Waals surface area (Å²) in [5.41, 5.74) is 0.390. The Morgan fingerprint density at radius 3 is 2.77 bits per heavy atom. The molecule has 1 amide bonds. The Bertz CT molecular complexity index is 532. The molecule has 0 bridgehead atoms. The second kappa shape index (κ2) is 8.95. The van der Waals surface area contributed by atoms with E-state index in [4.69, 9.17) is 14.7 Å². The SMILES string of the molecule is COCCN(CC(F)F)C(=O)[C@H](C)Oc1cccc(C#N)c1. The molecular formula is C15H18F2N2O3. The van der Waals surface area contributed by atoms with Crippen molar-refractivity contribution in [1.29, 1.82) is 5.26 Å². The number of rotatable bonds is 8. The van der Waals surface area contributed by atoms with Crippen molar-refractivity contribution in [3.05, 3.63) is 29.8 Å². The summed E-state index contributed by atoms with van der Waals surface area (Å²) in [6.07, 6.45) is -3.57. The van der Waals surface area contributed by atoms with Crippen LogP contribution in [0.15, 0.2) is 24.3 Å². The minimum absolute atomic E-state index is 0.0611. The van der Waals surface area contributed by atoms with Crippen LogP contribution in [0.25, 0.3) is 0 Å². The van der Waals surface area contributed by atoms with E-state index in [2.05, 4.69) is 0 Å². The van der Waals surface area contributed by atoms with E-state index in [1.807, 2.05) is 6.07 Å². The fraction of sp³-hybridized carbons (Fsp3) is 0.467. The lowest BCUT2D eigenvalue weighted by Crippen LogP contribution is -2.44. The summed E-state index contributed by atoms with van der Waals surface area (Å²) in [5, 5.41) is 8.81. The van der Waals surface area contributed by atoms with Gasteiger partial charge in [0.15, 0.2) is 6.10 Å². The quantitative estimate of drug-likeness (QED) is 0.737. The number of methoxy groups -OCH3 is 1. The standard InChI is InChI=1S/C15H18F2N2O3/c1-11(22-13-5-3-4-12(8-13)9-18)15(20)19(6-7-21-2)10-14(16)17/h3-5,8,11,14H,6-7,10H2,1-2H3/t11-/m0/s1. The molecule has 1 rings (SSSR count). The predicted octanol–water partition coefficient (Wildman–Crippen LogP) is 2.07. The summed E-state index contributed by atoms with van der Waals surface area (Å²) in [7, 11) is 1.43. The van der Waals surface area contributed by atoms with E-state index >= 15 is 0 Å². The number of nitrogens with zero attached hydrogens (tertiary/aromatic N) is 2. The van der Waals surface area contributed by atoms with Gasteiger partial charge in [-0.1, -0.05) is 6.07 Å². The summed E-state index contributed by atoms with van der Waals surface area (Å²) in [6, 6.07) is 8.25. The summed E-state index contributed by atoms with van der Waals surface area (Å²) in [6.45, 7) is 1.03. The molecule has 5 nitrogen and oxygen atoms in total. The molecule has 1 atom stereocenters. The van der Waals surface area contributed by atoms with Crippen molar-refractivity contribution in [1.82, 2.24) is 4.90 Å². The maximum absolute atomic E-state index is 12.5. The third kappa shape index (κ3) is 5.66. The Morgan fingerprint density at radius 2 is 2.18 bits per heavy atom. The molecule has 1 aromatic carbocycles. The van der Waals surface area contributed by atoms with Crippen molar-refractivity contribution < 1.29 is 23.0 Å². The van der Waals surface area contributed by atoms with Gasteiger partial charge in [0, 0.05) is 13.7 Å². The molecule has 0 aromatic heterocycles. The predicted molar refractivity (Wildman–Crippen MR) is 75.7 cm³/mol. The molecule has 0 radical (unpaired) electrons. The van der Waals surface area contributed by atoms with E-state index in [0.717, 1.165) is 4.90 Å². The molecule has 22 heavy (non-hydrogen) atoms. The van der Waals surface area contributed by atoms with Gasteiger partial charge in [0.2, 0.25) is 0 Å². The van der Waals surface area contributed by atoms with Crippen LogP contribution in [0.2, 0.25) is 0 Å². The highest BCUT2D eigenvalue weighted by Crippen LogP contribution is 2.15. The van der Waals surface area contributed by atoms with Gasteiger partial charge in [-0.05, 0) is 25.1 Å². The van der Waals surface area contributed by atoms with Crippen LogP contribution < -0.4 is 4.74 Å². The molecule has 120 valence electrons. The molecule has 0 aliphatic rings. The first kappa shape index (κ1) is 17.9. The molecular weight excluding hydrogens is 294 g/mol. The zero-order valence-corrected chi connectivity index (χ0v) is 12.5. The van der Waals surface area contributed by atoms with Gasteiger partial charge in [-0.3, -0.25) is 4.79 Å². The molecule has 0 N–H and O–H groups in total. The second-order valence-electron chi connectivity index (χ2n) is 4.57. The lowest BCUT2D eigenvalue weighted by Gasteiger charge is -2.25. The summed E-state index contributed by atoms with van der Waals surface area (Å²) in [4.78, 5) is 13.2. The maximum Gasteiger partial charge on any atom is 0.263 e. The first-order valence-corrected chi connectivity index (χ1v) is 6.70. The van der Waals surface area contributed by atoms with Crippen LogP contribution in [-0.4, -0.2) is 50.1 Å². The Labute approximate surface area is 128 Å². The van der Waals surface area contributed by atoms with Gasteiger partial charge in [0.25, 0.3) is 12.3 Å². The van der Waals surface area contributed by atoms with Gasteiger partial charge in [0.1, 0.15) is 5.75 Å². The lowest BCUT2D eigenvalue weighted by atomic mass is 10.2. The average Bonchev–Trinajstić information content (AvgIpc) is 2.50. The lowest BCUT2D eigenvalue weighted by molar-refractivity contribution is -0.140. The number of alkyl halides is 2. The minimum atomic E-state index is -2.63. The highest BCUT2D eigenvalue weighted by atomic mass is 19.3. The van der Waals surface area contributed by atoms with E-state index in [-0.39, 0.29) is 13.2 Å². The van der Waals surface area contributed by atoms with E-state index in [0.29, 0.717) is 11.3 Å². The molecule has 0 spiro atoms. The Hall–Kier alpha value is -2.20. The molecule has 0 saturated carbocycles. The molecule has 0 saturated heterocycles. The van der Waals surface area contributed by atoms with Gasteiger partial charge in [0.05, 0.1) is 24.8 Å². The summed E-state index contributed by atoms with van der Waals surface area (Å²) in [5.74, 6) is -0.219. The van der Waals surface area contributed by atoms with Gasteiger partial charge in [-0.2, -0.15) is 5.26 Å². The smallest absolute Gasteiger partial charge is 0.263 e. The largest absolute Gasteiger partial charge is 0.481 e. The molecule has 0 unspecified atom stereocenters. The Balaban J connectivity index is 2.73. The average molecular weight is 312 g/mol. The normalized spacial score (nSPS) is 11.8. The van der Waals surface area contributed by atoms with Gasteiger partial charge >= 0.3 is 0 Å². The van der Waals surface area contributed by atoms with Crippen LogP contribution in [0.4, 0.5) is 8.78 Å². The summed E-state index contributed by atoms with van der Waals surface area (Å²) < 4.78 is 35.3.